The number of esters is 1. The number of carbonyl (C=O) groups is 6. The molecule has 3 rings (SSSR count). The first kappa shape index (κ1) is 40.2. The van der Waals surface area contributed by atoms with Crippen molar-refractivity contribution in [3.05, 3.63) is 48.6 Å². The maximum Gasteiger partial charge on any atom is 0.408 e. The molecule has 1 aliphatic carbocycles. The molecule has 5 atom stereocenters. The van der Waals surface area contributed by atoms with Crippen molar-refractivity contribution in [1.29, 1.82) is 0 Å². The highest BCUT2D eigenvalue weighted by Crippen LogP contribution is 2.65. The van der Waals surface area contributed by atoms with Crippen molar-refractivity contribution in [2.24, 2.45) is 22.7 Å². The predicted octanol–water partition coefficient (Wildman–Crippen LogP) is 4.41. The molecule has 5 unspecified atom stereocenters. The van der Waals surface area contributed by atoms with Gasteiger partial charge in [0.1, 0.15) is 23.3 Å². The summed E-state index contributed by atoms with van der Waals surface area (Å²) in [6, 6.07) is 6.13. The van der Waals surface area contributed by atoms with Gasteiger partial charge in [-0.2, -0.15) is 0 Å². The number of hydrogen-bond donors (Lipinski definition) is 3. The van der Waals surface area contributed by atoms with Crippen LogP contribution in [0.2, 0.25) is 0 Å². The minimum absolute atomic E-state index is 0.0431. The first-order valence-electron chi connectivity index (χ1n) is 17.3. The molecular formula is C38H56N4O8. The summed E-state index contributed by atoms with van der Waals surface area (Å²) in [6.07, 6.45) is 1.11. The average molecular weight is 697 g/mol. The number of alkyl carbamates (subject to hydrolysis) is 1. The number of hydrogen-bond acceptors (Lipinski definition) is 8. The van der Waals surface area contributed by atoms with E-state index >= 15 is 0 Å². The average Bonchev–Trinajstić information content (AvgIpc) is 3.31. The fourth-order valence-electron chi connectivity index (χ4n) is 6.62. The lowest BCUT2D eigenvalue weighted by atomic mass is 9.85. The lowest BCUT2D eigenvalue weighted by Crippen LogP contribution is -2.60. The van der Waals surface area contributed by atoms with Crippen LogP contribution in [-0.2, 0) is 39.0 Å². The van der Waals surface area contributed by atoms with E-state index in [9.17, 15) is 28.8 Å². The van der Waals surface area contributed by atoms with Crippen LogP contribution in [-0.4, -0.2) is 77.3 Å². The van der Waals surface area contributed by atoms with Crippen LogP contribution in [0.1, 0.15) is 94.1 Å². The molecule has 1 aromatic rings. The van der Waals surface area contributed by atoms with Crippen molar-refractivity contribution in [1.82, 2.24) is 20.9 Å². The van der Waals surface area contributed by atoms with E-state index in [0.717, 1.165) is 5.56 Å². The SMILES string of the molecule is C=CCCC(NC(=O)C1C2C(CN1C(=O)C(NC(=O)OC(C)(C)C)C(C)(C)C)C2(C)C)C(=O)C(=O)NCCC(=O)OC(C)(C)c1ccccc1. The number of ketones is 1. The minimum Gasteiger partial charge on any atom is -0.455 e. The molecule has 276 valence electrons. The number of piperidine rings is 1. The van der Waals surface area contributed by atoms with Crippen molar-refractivity contribution in [3.8, 4) is 0 Å². The number of nitrogens with one attached hydrogen (secondary N) is 3. The van der Waals surface area contributed by atoms with Crippen LogP contribution >= 0.6 is 0 Å². The number of amides is 4. The van der Waals surface area contributed by atoms with Crippen LogP contribution in [0.3, 0.4) is 0 Å². The Kier molecular flexibility index (Phi) is 12.3. The second-order valence-electron chi connectivity index (χ2n) is 16.5. The summed E-state index contributed by atoms with van der Waals surface area (Å²) in [5.41, 5.74) is -1.80. The number of rotatable bonds is 14. The second kappa shape index (κ2) is 15.3. The predicted molar refractivity (Wildman–Crippen MR) is 188 cm³/mol. The second-order valence-corrected chi connectivity index (χ2v) is 16.5. The normalized spacial score (nSPS) is 20.8. The van der Waals surface area contributed by atoms with Gasteiger partial charge < -0.3 is 30.3 Å². The van der Waals surface area contributed by atoms with Crippen molar-refractivity contribution < 1.29 is 38.2 Å². The maximum absolute atomic E-state index is 14.1. The highest BCUT2D eigenvalue weighted by Gasteiger charge is 2.70. The van der Waals surface area contributed by atoms with Gasteiger partial charge in [0.05, 0.1) is 12.5 Å². The zero-order chi connectivity index (χ0) is 37.8. The number of ether oxygens (including phenoxy) is 2. The van der Waals surface area contributed by atoms with Gasteiger partial charge in [0.25, 0.3) is 5.91 Å². The fourth-order valence-corrected chi connectivity index (χ4v) is 6.62. The topological polar surface area (TPSA) is 160 Å². The third-order valence-corrected chi connectivity index (χ3v) is 9.50. The zero-order valence-corrected chi connectivity index (χ0v) is 31.3. The van der Waals surface area contributed by atoms with Gasteiger partial charge in [0.15, 0.2) is 0 Å². The molecule has 0 bridgehead atoms. The van der Waals surface area contributed by atoms with Gasteiger partial charge >= 0.3 is 12.1 Å². The monoisotopic (exact) mass is 696 g/mol. The first-order chi connectivity index (χ1) is 23.0. The molecule has 4 amide bonds. The number of nitrogens with zero attached hydrogens (tertiary/aromatic N) is 1. The zero-order valence-electron chi connectivity index (χ0n) is 31.3. The number of benzene rings is 1. The number of fused-ring (bicyclic) bond motifs is 1. The van der Waals surface area contributed by atoms with Crippen LogP contribution in [0.4, 0.5) is 4.79 Å². The quantitative estimate of drug-likeness (QED) is 0.147. The molecule has 50 heavy (non-hydrogen) atoms. The summed E-state index contributed by atoms with van der Waals surface area (Å²) in [7, 11) is 0. The molecule has 1 aliphatic heterocycles. The molecule has 2 aliphatic rings. The van der Waals surface area contributed by atoms with E-state index in [2.05, 4.69) is 22.5 Å². The first-order valence-corrected chi connectivity index (χ1v) is 17.3. The van der Waals surface area contributed by atoms with Crippen molar-refractivity contribution in [3.63, 3.8) is 0 Å². The Labute approximate surface area is 296 Å². The van der Waals surface area contributed by atoms with E-state index in [4.69, 9.17) is 9.47 Å². The maximum atomic E-state index is 14.1. The number of allylic oxidation sites excluding steroid dienone is 1. The number of Topliss-reactive ketones (excluding diaryl/α,β-unsaturated/α-hetero) is 1. The summed E-state index contributed by atoms with van der Waals surface area (Å²) in [5.74, 6) is -3.49. The molecule has 1 saturated heterocycles. The third-order valence-electron chi connectivity index (χ3n) is 9.50. The lowest BCUT2D eigenvalue weighted by molar-refractivity contribution is -0.157. The van der Waals surface area contributed by atoms with E-state index < -0.39 is 70.3 Å². The summed E-state index contributed by atoms with van der Waals surface area (Å²) in [6.45, 7) is 22.1. The van der Waals surface area contributed by atoms with E-state index in [1.165, 1.54) is 4.90 Å². The van der Waals surface area contributed by atoms with E-state index in [-0.39, 0.29) is 36.6 Å². The summed E-state index contributed by atoms with van der Waals surface area (Å²) >= 11 is 0. The molecule has 0 radical (unpaired) electrons. The molecule has 12 heteroatoms. The standard InChI is InChI=1S/C38H56N4O8/c1-12-13-19-25(29(44)32(46)39-21-20-26(43)49-38(10,11)23-17-15-14-16-18-23)40-31(45)28-27-24(37(27,8)9)22-42(28)33(47)30(35(2,3)4)41-34(48)50-36(5,6)7/h12,14-18,24-25,27-28,30H,1,13,19-22H2,2-11H3,(H,39,46)(H,40,45)(H,41,48). The molecule has 2 fully saturated rings. The third kappa shape index (κ3) is 9.94. The van der Waals surface area contributed by atoms with Crippen LogP contribution in [0.5, 0.6) is 0 Å². The Balaban J connectivity index is 1.71. The van der Waals surface area contributed by atoms with Gasteiger partial charge in [-0.15, -0.1) is 6.58 Å². The van der Waals surface area contributed by atoms with Gasteiger partial charge in [0.2, 0.25) is 17.6 Å². The number of carbonyl (C=O) groups excluding carboxylic acids is 6. The highest BCUT2D eigenvalue weighted by molar-refractivity contribution is 6.38. The fraction of sp³-hybridized carbons (Fsp3) is 0.632. The lowest BCUT2D eigenvalue weighted by Gasteiger charge is -2.38. The molecule has 3 N–H and O–H groups in total. The van der Waals surface area contributed by atoms with Crippen LogP contribution < -0.4 is 16.0 Å². The Morgan fingerprint density at radius 3 is 2.14 bits per heavy atom. The highest BCUT2D eigenvalue weighted by atomic mass is 16.6. The van der Waals surface area contributed by atoms with Crippen molar-refractivity contribution >= 4 is 35.6 Å². The van der Waals surface area contributed by atoms with Crippen LogP contribution in [0.25, 0.3) is 0 Å². The minimum atomic E-state index is -1.19. The summed E-state index contributed by atoms with van der Waals surface area (Å²) in [5, 5.41) is 7.95. The molecule has 1 saturated carbocycles. The largest absolute Gasteiger partial charge is 0.455 e. The van der Waals surface area contributed by atoms with Crippen molar-refractivity contribution in [2.75, 3.05) is 13.1 Å². The molecule has 0 aromatic heterocycles. The Morgan fingerprint density at radius 1 is 0.960 bits per heavy atom. The molecule has 1 heterocycles. The van der Waals surface area contributed by atoms with E-state index in [0.29, 0.717) is 13.0 Å². The molecule has 0 spiro atoms. The Hall–Kier alpha value is -4.22. The van der Waals surface area contributed by atoms with Gasteiger partial charge in [-0.1, -0.05) is 71.0 Å². The van der Waals surface area contributed by atoms with E-state index in [1.807, 2.05) is 65.0 Å². The Morgan fingerprint density at radius 2 is 1.58 bits per heavy atom. The summed E-state index contributed by atoms with van der Waals surface area (Å²) in [4.78, 5) is 81.3. The summed E-state index contributed by atoms with van der Waals surface area (Å²) < 4.78 is 11.0. The van der Waals surface area contributed by atoms with Crippen LogP contribution in [0, 0.1) is 22.7 Å². The van der Waals surface area contributed by atoms with Crippen molar-refractivity contribution in [2.45, 2.75) is 118 Å². The molecule has 1 aromatic carbocycles. The molecule has 12 nitrogen and oxygen atoms in total. The van der Waals surface area contributed by atoms with Gasteiger partial charge in [-0.3, -0.25) is 24.0 Å². The van der Waals surface area contributed by atoms with Gasteiger partial charge in [0, 0.05) is 13.1 Å². The van der Waals surface area contributed by atoms with E-state index in [1.54, 1.807) is 40.7 Å². The number of likely N-dealkylation sites (tertiary alicyclic amines) is 1. The van der Waals surface area contributed by atoms with Gasteiger partial charge in [-0.25, -0.2) is 4.79 Å². The van der Waals surface area contributed by atoms with Gasteiger partial charge in [-0.05, 0) is 75.7 Å². The Bertz CT molecular complexity index is 1460. The van der Waals surface area contributed by atoms with Crippen LogP contribution in [0.15, 0.2) is 43.0 Å². The molecular weight excluding hydrogens is 640 g/mol. The smallest absolute Gasteiger partial charge is 0.408 e.